The number of thiazole rings is 1. The predicted molar refractivity (Wildman–Crippen MR) is 192 cm³/mol. The average Bonchev–Trinajstić information content (AvgIpc) is 3.45. The number of ether oxygens (including phenoxy) is 4. The third-order valence-electron chi connectivity index (χ3n) is 7.92. The van der Waals surface area contributed by atoms with Gasteiger partial charge in [-0.05, 0) is 73.5 Å². The van der Waals surface area contributed by atoms with E-state index in [2.05, 4.69) is 0 Å². The zero-order valence-electron chi connectivity index (χ0n) is 27.6. The van der Waals surface area contributed by atoms with Gasteiger partial charge in [-0.1, -0.05) is 77.5 Å². The van der Waals surface area contributed by atoms with Crippen molar-refractivity contribution >= 4 is 46.6 Å². The molecule has 9 nitrogen and oxygen atoms in total. The van der Waals surface area contributed by atoms with Gasteiger partial charge in [0.05, 0.1) is 47.7 Å². The number of hydrogen-bond acceptors (Lipinski definition) is 9. The molecule has 2 heterocycles. The van der Waals surface area contributed by atoms with Crippen molar-refractivity contribution in [3.63, 3.8) is 0 Å². The molecule has 0 saturated heterocycles. The van der Waals surface area contributed by atoms with Crippen molar-refractivity contribution in [1.82, 2.24) is 4.57 Å². The van der Waals surface area contributed by atoms with Gasteiger partial charge in [-0.25, -0.2) is 14.6 Å². The van der Waals surface area contributed by atoms with Crippen LogP contribution in [0.2, 0.25) is 5.02 Å². The summed E-state index contributed by atoms with van der Waals surface area (Å²) in [5.74, 6) is 0.181. The molecule has 0 aliphatic carbocycles. The van der Waals surface area contributed by atoms with E-state index in [1.54, 1.807) is 81.6 Å². The third-order valence-corrected chi connectivity index (χ3v) is 9.14. The summed E-state index contributed by atoms with van der Waals surface area (Å²) >= 11 is 7.63. The fourth-order valence-corrected chi connectivity index (χ4v) is 6.73. The van der Waals surface area contributed by atoms with Crippen molar-refractivity contribution in [1.29, 1.82) is 0 Å². The molecule has 11 heteroatoms. The number of hydrogen-bond donors (Lipinski definition) is 0. The third kappa shape index (κ3) is 7.27. The van der Waals surface area contributed by atoms with E-state index < -0.39 is 12.0 Å². The maximum atomic E-state index is 14.4. The first-order valence-corrected chi connectivity index (χ1v) is 17.1. The molecule has 1 aromatic heterocycles. The van der Waals surface area contributed by atoms with Gasteiger partial charge in [-0.15, -0.1) is 0 Å². The van der Waals surface area contributed by atoms with Crippen molar-refractivity contribution in [3.05, 3.63) is 155 Å². The number of nitrogens with zero attached hydrogens (tertiary/aromatic N) is 2. The molecule has 0 spiro atoms. The summed E-state index contributed by atoms with van der Waals surface area (Å²) in [6.07, 6.45) is 1.72. The zero-order valence-corrected chi connectivity index (χ0v) is 29.1. The number of carbonyl (C=O) groups excluding carboxylic acids is 2. The van der Waals surface area contributed by atoms with Gasteiger partial charge >= 0.3 is 11.9 Å². The van der Waals surface area contributed by atoms with Gasteiger partial charge in [0.1, 0.15) is 18.1 Å². The Morgan fingerprint density at radius 3 is 2.28 bits per heavy atom. The highest BCUT2D eigenvalue weighted by Crippen LogP contribution is 2.36. The highest BCUT2D eigenvalue weighted by molar-refractivity contribution is 7.07. The number of aromatic nitrogens is 1. The molecule has 6 rings (SSSR count). The summed E-state index contributed by atoms with van der Waals surface area (Å²) in [5, 5.41) is 0.460. The molecule has 1 aliphatic rings. The first kappa shape index (κ1) is 34.4. The number of carbonyl (C=O) groups is 2. The summed E-state index contributed by atoms with van der Waals surface area (Å²) < 4.78 is 24.1. The van der Waals surface area contributed by atoms with Crippen LogP contribution < -0.4 is 24.4 Å². The Kier molecular flexibility index (Phi) is 10.6. The molecular formula is C39H33ClN2O7S. The van der Waals surface area contributed by atoms with Crippen LogP contribution in [0.25, 0.3) is 11.8 Å². The minimum absolute atomic E-state index is 0.150. The summed E-state index contributed by atoms with van der Waals surface area (Å²) in [7, 11) is 1.57. The molecule has 254 valence electrons. The lowest BCUT2D eigenvalue weighted by Gasteiger charge is -2.26. The number of esters is 2. The highest BCUT2D eigenvalue weighted by Gasteiger charge is 2.35. The van der Waals surface area contributed by atoms with Gasteiger partial charge < -0.3 is 18.9 Å². The molecule has 50 heavy (non-hydrogen) atoms. The molecule has 0 N–H and O–H groups in total. The molecule has 0 saturated carbocycles. The molecule has 5 aromatic rings. The van der Waals surface area contributed by atoms with E-state index in [9.17, 15) is 14.4 Å². The van der Waals surface area contributed by atoms with Gasteiger partial charge in [0.25, 0.3) is 5.56 Å². The summed E-state index contributed by atoms with van der Waals surface area (Å²) in [6, 6.07) is 27.9. The number of fused-ring (bicyclic) bond motifs is 1. The van der Waals surface area contributed by atoms with Gasteiger partial charge in [0, 0.05) is 16.1 Å². The average molecular weight is 709 g/mol. The Balaban J connectivity index is 1.45. The maximum absolute atomic E-state index is 14.4. The number of rotatable bonds is 11. The van der Waals surface area contributed by atoms with E-state index in [1.807, 2.05) is 42.5 Å². The highest BCUT2D eigenvalue weighted by atomic mass is 35.5. The maximum Gasteiger partial charge on any atom is 0.338 e. The van der Waals surface area contributed by atoms with Crippen LogP contribution in [-0.2, 0) is 20.9 Å². The smallest absolute Gasteiger partial charge is 0.338 e. The lowest BCUT2D eigenvalue weighted by molar-refractivity contribution is -0.138. The quantitative estimate of drug-likeness (QED) is 0.147. The molecule has 1 aliphatic heterocycles. The topological polar surface area (TPSA) is 105 Å². The van der Waals surface area contributed by atoms with E-state index >= 15 is 0 Å². The number of benzene rings is 4. The van der Waals surface area contributed by atoms with Crippen LogP contribution in [0.4, 0.5) is 0 Å². The minimum Gasteiger partial charge on any atom is -0.497 e. The van der Waals surface area contributed by atoms with Crippen molar-refractivity contribution in [2.75, 3.05) is 20.3 Å². The van der Waals surface area contributed by atoms with Crippen LogP contribution in [0.1, 0.15) is 52.5 Å². The standard InChI is InChI=1S/C39H33ClN2O7S/c1-4-47-37(44)27-13-11-24(12-14-27)23-49-31-20-17-29(40)21-28(31)22-32-36(43)42-35(26-15-18-30(46-3)19-16-26)33(38(45)48-5-2)34(41-39(42)50-32)25-9-7-6-8-10-25/h6-22,35H,4-5,23H2,1-3H3/b32-22-/t35-/m0/s1. The normalized spacial score (nSPS) is 14.1. The summed E-state index contributed by atoms with van der Waals surface area (Å²) in [6.45, 7) is 4.14. The number of methoxy groups -OCH3 is 1. The predicted octanol–water partition coefficient (Wildman–Crippen LogP) is 6.35. The molecular weight excluding hydrogens is 676 g/mol. The lowest BCUT2D eigenvalue weighted by atomic mass is 9.93. The summed E-state index contributed by atoms with van der Waals surface area (Å²) in [5.41, 5.74) is 3.61. The Labute approximate surface area is 297 Å². The molecule has 4 aromatic carbocycles. The Morgan fingerprint density at radius 1 is 0.900 bits per heavy atom. The van der Waals surface area contributed by atoms with E-state index in [-0.39, 0.29) is 30.3 Å². The zero-order chi connectivity index (χ0) is 35.2. The van der Waals surface area contributed by atoms with Gasteiger partial charge in [0.15, 0.2) is 4.80 Å². The first-order valence-electron chi connectivity index (χ1n) is 15.9. The van der Waals surface area contributed by atoms with Crippen LogP contribution in [-0.4, -0.2) is 36.8 Å². The monoisotopic (exact) mass is 708 g/mol. The molecule has 0 radical (unpaired) electrons. The Morgan fingerprint density at radius 2 is 1.60 bits per heavy atom. The molecule has 1 atom stereocenters. The molecule has 0 bridgehead atoms. The SMILES string of the molecule is CCOC(=O)C1=C(c2ccccc2)N=c2s/c(=C\c3cc(Cl)ccc3OCc3ccc(C(=O)OCC)cc3)c(=O)n2[C@H]1c1ccc(OC)cc1. The lowest BCUT2D eigenvalue weighted by Crippen LogP contribution is -2.40. The molecule has 0 amide bonds. The molecule has 0 unspecified atom stereocenters. The first-order chi connectivity index (χ1) is 24.3. The van der Waals surface area contributed by atoms with Crippen LogP contribution in [0, 0.1) is 0 Å². The van der Waals surface area contributed by atoms with Gasteiger partial charge in [-0.2, -0.15) is 0 Å². The van der Waals surface area contributed by atoms with E-state index in [0.29, 0.717) is 60.4 Å². The Hall–Kier alpha value is -5.45. The van der Waals surface area contributed by atoms with E-state index in [1.165, 1.54) is 15.9 Å². The fraction of sp³-hybridized carbons (Fsp3) is 0.179. The minimum atomic E-state index is -0.832. The van der Waals surface area contributed by atoms with Gasteiger partial charge in [-0.3, -0.25) is 9.36 Å². The van der Waals surface area contributed by atoms with Crippen molar-refractivity contribution in [2.45, 2.75) is 26.5 Å². The Bertz CT molecular complexity index is 2240. The molecule has 0 fully saturated rings. The summed E-state index contributed by atoms with van der Waals surface area (Å²) in [4.78, 5) is 45.5. The van der Waals surface area contributed by atoms with Gasteiger partial charge in [0.2, 0.25) is 0 Å². The fourth-order valence-electron chi connectivity index (χ4n) is 5.56. The van der Waals surface area contributed by atoms with Crippen LogP contribution >= 0.6 is 22.9 Å². The van der Waals surface area contributed by atoms with E-state index in [0.717, 1.165) is 5.56 Å². The van der Waals surface area contributed by atoms with E-state index in [4.69, 9.17) is 35.5 Å². The van der Waals surface area contributed by atoms with Crippen LogP contribution in [0.3, 0.4) is 0 Å². The van der Waals surface area contributed by atoms with Crippen molar-refractivity contribution in [3.8, 4) is 11.5 Å². The second-order valence-corrected chi connectivity index (χ2v) is 12.5. The largest absolute Gasteiger partial charge is 0.497 e. The van der Waals surface area contributed by atoms with Crippen molar-refractivity contribution in [2.24, 2.45) is 4.99 Å². The second kappa shape index (κ2) is 15.4. The van der Waals surface area contributed by atoms with Crippen LogP contribution in [0.15, 0.2) is 112 Å². The second-order valence-electron chi connectivity index (χ2n) is 11.1. The van der Waals surface area contributed by atoms with Crippen LogP contribution in [0.5, 0.6) is 11.5 Å². The number of halogens is 1. The van der Waals surface area contributed by atoms with Crippen molar-refractivity contribution < 1.29 is 28.5 Å².